The number of nitrogens with zero attached hydrogens (tertiary/aromatic N) is 3. The molecular formula is C13H13Cl2N3O. The molecule has 0 radical (unpaired) electrons. The number of ether oxygens (including phenoxy) is 1. The van der Waals surface area contributed by atoms with Crippen LogP contribution in [0.15, 0.2) is 18.2 Å². The Balaban J connectivity index is 2.45. The van der Waals surface area contributed by atoms with Gasteiger partial charge in [0.25, 0.3) is 0 Å². The van der Waals surface area contributed by atoms with Crippen LogP contribution in [0.1, 0.15) is 18.9 Å². The molecule has 2 rings (SSSR count). The number of hydrogen-bond donors (Lipinski definition) is 0. The van der Waals surface area contributed by atoms with Gasteiger partial charge in [-0.1, -0.05) is 42.6 Å². The van der Waals surface area contributed by atoms with Gasteiger partial charge in [0.1, 0.15) is 16.0 Å². The van der Waals surface area contributed by atoms with Gasteiger partial charge >= 0.3 is 0 Å². The highest BCUT2D eigenvalue weighted by molar-refractivity contribution is 6.34. The molecule has 0 saturated heterocycles. The lowest BCUT2D eigenvalue weighted by Crippen LogP contribution is -1.99. The number of hydrogen-bond acceptors (Lipinski definition) is 4. The monoisotopic (exact) mass is 297 g/mol. The first kappa shape index (κ1) is 14.0. The maximum absolute atomic E-state index is 6.14. The molecule has 0 aliphatic heterocycles. The van der Waals surface area contributed by atoms with Crippen molar-refractivity contribution in [2.75, 3.05) is 7.11 Å². The fourth-order valence-corrected chi connectivity index (χ4v) is 2.23. The molecule has 0 aromatic carbocycles. The Bertz CT molecular complexity index is 567. The van der Waals surface area contributed by atoms with Gasteiger partial charge in [0, 0.05) is 11.6 Å². The zero-order valence-electron chi connectivity index (χ0n) is 10.7. The normalized spacial score (nSPS) is 10.5. The number of aromatic nitrogens is 3. The van der Waals surface area contributed by atoms with Crippen LogP contribution >= 0.6 is 23.2 Å². The summed E-state index contributed by atoms with van der Waals surface area (Å²) in [6, 6.07) is 5.34. The van der Waals surface area contributed by atoms with Crippen molar-refractivity contribution in [2.45, 2.75) is 19.8 Å². The molecule has 100 valence electrons. The van der Waals surface area contributed by atoms with E-state index in [0.29, 0.717) is 27.7 Å². The van der Waals surface area contributed by atoms with Crippen LogP contribution in [-0.2, 0) is 6.42 Å². The van der Waals surface area contributed by atoms with Crippen LogP contribution in [0.4, 0.5) is 0 Å². The summed E-state index contributed by atoms with van der Waals surface area (Å²) in [6.07, 6.45) is 1.68. The van der Waals surface area contributed by atoms with Gasteiger partial charge in [-0.05, 0) is 12.5 Å². The summed E-state index contributed by atoms with van der Waals surface area (Å²) >= 11 is 12.3. The van der Waals surface area contributed by atoms with E-state index < -0.39 is 0 Å². The highest BCUT2D eigenvalue weighted by Gasteiger charge is 2.13. The SMILES string of the molecule is CCCc1c(Cl)nc(-c2cccc(OC)n2)nc1Cl. The summed E-state index contributed by atoms with van der Waals surface area (Å²) in [5.41, 5.74) is 1.35. The number of methoxy groups -OCH3 is 1. The summed E-state index contributed by atoms with van der Waals surface area (Å²) in [7, 11) is 1.55. The van der Waals surface area contributed by atoms with E-state index >= 15 is 0 Å². The van der Waals surface area contributed by atoms with Gasteiger partial charge in [0.15, 0.2) is 5.82 Å². The van der Waals surface area contributed by atoms with Crippen LogP contribution in [0, 0.1) is 0 Å². The summed E-state index contributed by atoms with van der Waals surface area (Å²) in [5.74, 6) is 0.889. The fraction of sp³-hybridized carbons (Fsp3) is 0.308. The van der Waals surface area contributed by atoms with Gasteiger partial charge in [0.05, 0.1) is 7.11 Å². The van der Waals surface area contributed by atoms with E-state index in [9.17, 15) is 0 Å². The minimum atomic E-state index is 0.376. The molecule has 0 spiro atoms. The van der Waals surface area contributed by atoms with Crippen LogP contribution in [0.3, 0.4) is 0 Å². The second kappa shape index (κ2) is 6.17. The topological polar surface area (TPSA) is 47.9 Å². The Morgan fingerprint density at radius 1 is 1.11 bits per heavy atom. The van der Waals surface area contributed by atoms with Crippen molar-refractivity contribution in [2.24, 2.45) is 0 Å². The summed E-state index contributed by atoms with van der Waals surface area (Å²) in [6.45, 7) is 2.05. The van der Waals surface area contributed by atoms with Gasteiger partial charge < -0.3 is 4.74 Å². The summed E-state index contributed by atoms with van der Waals surface area (Å²) in [5, 5.41) is 0.753. The van der Waals surface area contributed by atoms with Crippen LogP contribution in [-0.4, -0.2) is 22.1 Å². The smallest absolute Gasteiger partial charge is 0.213 e. The van der Waals surface area contributed by atoms with Crippen molar-refractivity contribution in [3.05, 3.63) is 34.1 Å². The van der Waals surface area contributed by atoms with E-state index in [2.05, 4.69) is 15.0 Å². The Kier molecular flexibility index (Phi) is 4.56. The molecule has 0 fully saturated rings. The van der Waals surface area contributed by atoms with Gasteiger partial charge in [0.2, 0.25) is 5.88 Å². The Labute approximate surface area is 121 Å². The van der Waals surface area contributed by atoms with Gasteiger partial charge in [-0.3, -0.25) is 0 Å². The average molecular weight is 298 g/mol. The van der Waals surface area contributed by atoms with Crippen molar-refractivity contribution in [1.82, 2.24) is 15.0 Å². The predicted octanol–water partition coefficient (Wildman–Crippen LogP) is 3.81. The minimum absolute atomic E-state index is 0.376. The lowest BCUT2D eigenvalue weighted by atomic mass is 10.2. The molecule has 6 heteroatoms. The van der Waals surface area contributed by atoms with Crippen LogP contribution in [0.25, 0.3) is 11.5 Å². The first-order valence-corrected chi connectivity index (χ1v) is 6.64. The molecule has 0 N–H and O–H groups in total. The molecule has 4 nitrogen and oxygen atoms in total. The van der Waals surface area contributed by atoms with E-state index in [1.54, 1.807) is 19.2 Å². The average Bonchev–Trinajstić information content (AvgIpc) is 2.42. The van der Waals surface area contributed by atoms with E-state index in [1.165, 1.54) is 0 Å². The highest BCUT2D eigenvalue weighted by atomic mass is 35.5. The second-order valence-electron chi connectivity index (χ2n) is 3.92. The zero-order valence-corrected chi connectivity index (χ0v) is 12.2. The molecule has 0 unspecified atom stereocenters. The molecular weight excluding hydrogens is 285 g/mol. The zero-order chi connectivity index (χ0) is 13.8. The largest absolute Gasteiger partial charge is 0.481 e. The molecule has 0 amide bonds. The predicted molar refractivity (Wildman–Crippen MR) is 75.8 cm³/mol. The highest BCUT2D eigenvalue weighted by Crippen LogP contribution is 2.26. The van der Waals surface area contributed by atoms with Gasteiger partial charge in [-0.15, -0.1) is 0 Å². The third-order valence-electron chi connectivity index (χ3n) is 2.57. The van der Waals surface area contributed by atoms with Gasteiger partial charge in [-0.2, -0.15) is 0 Å². The van der Waals surface area contributed by atoms with E-state index in [4.69, 9.17) is 27.9 Å². The Morgan fingerprint density at radius 3 is 2.37 bits per heavy atom. The van der Waals surface area contributed by atoms with Crippen molar-refractivity contribution in [3.63, 3.8) is 0 Å². The molecule has 2 aromatic rings. The minimum Gasteiger partial charge on any atom is -0.481 e. The third kappa shape index (κ3) is 3.14. The first-order valence-electron chi connectivity index (χ1n) is 5.89. The molecule has 0 aliphatic rings. The van der Waals surface area contributed by atoms with E-state index in [-0.39, 0.29) is 0 Å². The van der Waals surface area contributed by atoms with Crippen LogP contribution < -0.4 is 4.74 Å². The first-order chi connectivity index (χ1) is 9.15. The van der Waals surface area contributed by atoms with E-state index in [1.807, 2.05) is 13.0 Å². The molecule has 0 atom stereocenters. The molecule has 2 aromatic heterocycles. The van der Waals surface area contributed by atoms with Gasteiger partial charge in [-0.25, -0.2) is 15.0 Å². The Hall–Kier alpha value is -1.39. The molecule has 2 heterocycles. The molecule has 0 saturated carbocycles. The molecule has 19 heavy (non-hydrogen) atoms. The third-order valence-corrected chi connectivity index (χ3v) is 3.19. The number of rotatable bonds is 4. The van der Waals surface area contributed by atoms with E-state index in [0.717, 1.165) is 18.4 Å². The van der Waals surface area contributed by atoms with Crippen molar-refractivity contribution < 1.29 is 4.74 Å². The quantitative estimate of drug-likeness (QED) is 0.805. The number of pyridine rings is 1. The maximum atomic E-state index is 6.14. The summed E-state index contributed by atoms with van der Waals surface area (Å²) < 4.78 is 5.07. The Morgan fingerprint density at radius 2 is 1.79 bits per heavy atom. The lowest BCUT2D eigenvalue weighted by molar-refractivity contribution is 0.398. The standard InChI is InChI=1S/C13H13Cl2N3O/c1-3-5-8-11(14)17-13(18-12(8)15)9-6-4-7-10(16-9)19-2/h4,6-7H,3,5H2,1-2H3. The second-order valence-corrected chi connectivity index (χ2v) is 4.64. The maximum Gasteiger partial charge on any atom is 0.213 e. The molecule has 0 bridgehead atoms. The van der Waals surface area contributed by atoms with Crippen molar-refractivity contribution in [1.29, 1.82) is 0 Å². The lowest BCUT2D eigenvalue weighted by Gasteiger charge is -2.07. The molecule has 0 aliphatic carbocycles. The summed E-state index contributed by atoms with van der Waals surface area (Å²) in [4.78, 5) is 12.8. The van der Waals surface area contributed by atoms with Crippen LogP contribution in [0.2, 0.25) is 10.3 Å². The van der Waals surface area contributed by atoms with Crippen LogP contribution in [0.5, 0.6) is 5.88 Å². The fourth-order valence-electron chi connectivity index (χ4n) is 1.65. The number of halogens is 2. The van der Waals surface area contributed by atoms with Crippen molar-refractivity contribution >= 4 is 23.2 Å². The van der Waals surface area contributed by atoms with Crippen molar-refractivity contribution in [3.8, 4) is 17.4 Å².